The van der Waals surface area contributed by atoms with E-state index in [2.05, 4.69) is 11.6 Å². The lowest BCUT2D eigenvalue weighted by molar-refractivity contribution is -0.129. The average molecular weight is 461 g/mol. The number of amides is 1. The highest BCUT2D eigenvalue weighted by atomic mass is 32.2. The van der Waals surface area contributed by atoms with E-state index < -0.39 is 10.0 Å². The third-order valence-corrected chi connectivity index (χ3v) is 8.12. The van der Waals surface area contributed by atoms with Gasteiger partial charge in [0.1, 0.15) is 0 Å². The molecule has 1 fully saturated rings. The molecule has 1 aliphatic carbocycles. The van der Waals surface area contributed by atoms with Crippen LogP contribution in [-0.4, -0.2) is 32.3 Å². The number of carbonyl (C=O) groups is 1. The Balaban J connectivity index is 1.35. The molecule has 3 aromatic carbocycles. The minimum atomic E-state index is -3.72. The molecule has 33 heavy (non-hydrogen) atoms. The van der Waals surface area contributed by atoms with Gasteiger partial charge in [-0.25, -0.2) is 8.42 Å². The quantitative estimate of drug-likeness (QED) is 0.538. The van der Waals surface area contributed by atoms with Crippen LogP contribution in [0, 0.1) is 0 Å². The van der Waals surface area contributed by atoms with Crippen LogP contribution >= 0.6 is 0 Å². The van der Waals surface area contributed by atoms with E-state index in [1.807, 2.05) is 53.4 Å². The zero-order valence-electron chi connectivity index (χ0n) is 18.8. The lowest BCUT2D eigenvalue weighted by Gasteiger charge is -2.16. The third kappa shape index (κ3) is 4.40. The molecule has 0 aromatic heterocycles. The molecule has 1 heterocycles. The summed E-state index contributed by atoms with van der Waals surface area (Å²) in [5.41, 5.74) is 5.21. The number of fused-ring (bicyclic) bond motifs is 2. The molecule has 0 atom stereocenters. The number of carbonyl (C=O) groups excluding carboxylic acids is 1. The molecular weight excluding hydrogens is 432 g/mol. The fourth-order valence-corrected chi connectivity index (χ4v) is 6.03. The molecule has 5 nitrogen and oxygen atoms in total. The lowest BCUT2D eigenvalue weighted by Crippen LogP contribution is -2.27. The first-order valence-electron chi connectivity index (χ1n) is 11.5. The molecule has 6 heteroatoms. The smallest absolute Gasteiger partial charge is 0.261 e. The van der Waals surface area contributed by atoms with Gasteiger partial charge in [-0.3, -0.25) is 9.52 Å². The lowest BCUT2D eigenvalue weighted by atomic mass is 10.00. The topological polar surface area (TPSA) is 66.5 Å². The summed E-state index contributed by atoms with van der Waals surface area (Å²) in [4.78, 5) is 14.7. The van der Waals surface area contributed by atoms with Crippen molar-refractivity contribution in [2.24, 2.45) is 0 Å². The van der Waals surface area contributed by atoms with Crippen LogP contribution in [0.2, 0.25) is 0 Å². The van der Waals surface area contributed by atoms with Gasteiger partial charge in [-0.2, -0.15) is 0 Å². The van der Waals surface area contributed by atoms with Gasteiger partial charge in [0.15, 0.2) is 0 Å². The second-order valence-corrected chi connectivity index (χ2v) is 10.7. The minimum Gasteiger partial charge on any atom is -0.343 e. The summed E-state index contributed by atoms with van der Waals surface area (Å²) in [6, 6.07) is 18.6. The van der Waals surface area contributed by atoms with Crippen LogP contribution in [0.1, 0.15) is 43.7 Å². The minimum absolute atomic E-state index is 0.217. The number of hydrogen-bond acceptors (Lipinski definition) is 3. The maximum Gasteiger partial charge on any atom is 0.261 e. The number of likely N-dealkylation sites (tertiary alicyclic amines) is 1. The van der Waals surface area contributed by atoms with Crippen molar-refractivity contribution in [3.05, 3.63) is 77.4 Å². The van der Waals surface area contributed by atoms with Gasteiger partial charge in [0.05, 0.1) is 4.90 Å². The molecular formula is C27H28N2O3S. The first-order chi connectivity index (χ1) is 15.9. The van der Waals surface area contributed by atoms with E-state index in [-0.39, 0.29) is 10.8 Å². The van der Waals surface area contributed by atoms with Crippen molar-refractivity contribution < 1.29 is 13.2 Å². The van der Waals surface area contributed by atoms with Crippen LogP contribution in [0.4, 0.5) is 5.69 Å². The Bertz CT molecular complexity index is 1370. The highest BCUT2D eigenvalue weighted by Gasteiger charge is 2.23. The first-order valence-corrected chi connectivity index (χ1v) is 13.0. The Kier molecular flexibility index (Phi) is 5.71. The molecule has 0 unspecified atom stereocenters. The van der Waals surface area contributed by atoms with Crippen molar-refractivity contribution in [2.45, 2.75) is 43.9 Å². The summed E-state index contributed by atoms with van der Waals surface area (Å²) in [6.07, 6.45) is 4.22. The summed E-state index contributed by atoms with van der Waals surface area (Å²) in [6.45, 7) is 3.84. The number of anilines is 1. The van der Waals surface area contributed by atoms with E-state index in [4.69, 9.17) is 0 Å². The molecule has 1 aliphatic heterocycles. The van der Waals surface area contributed by atoms with Crippen molar-refractivity contribution in [3.8, 4) is 0 Å². The highest BCUT2D eigenvalue weighted by Crippen LogP contribution is 2.37. The molecule has 1 N–H and O–H groups in total. The van der Waals surface area contributed by atoms with E-state index in [1.54, 1.807) is 12.1 Å². The predicted octanol–water partition coefficient (Wildman–Crippen LogP) is 5.37. The number of benzene rings is 3. The van der Waals surface area contributed by atoms with Gasteiger partial charge in [0.25, 0.3) is 10.0 Å². The number of allylic oxidation sites excluding steroid dienone is 2. The van der Waals surface area contributed by atoms with Crippen LogP contribution in [0.25, 0.3) is 16.3 Å². The third-order valence-electron chi connectivity index (χ3n) is 6.74. The van der Waals surface area contributed by atoms with Crippen LogP contribution in [0.5, 0.6) is 0 Å². The summed E-state index contributed by atoms with van der Waals surface area (Å²) < 4.78 is 28.9. The van der Waals surface area contributed by atoms with Gasteiger partial charge >= 0.3 is 0 Å². The molecule has 0 spiro atoms. The van der Waals surface area contributed by atoms with Crippen LogP contribution in [0.15, 0.2) is 71.1 Å². The maximum atomic E-state index is 13.1. The van der Waals surface area contributed by atoms with Crippen molar-refractivity contribution in [2.75, 3.05) is 17.8 Å². The largest absolute Gasteiger partial charge is 0.343 e. The Labute approximate surface area is 195 Å². The molecule has 0 saturated carbocycles. The normalized spacial score (nSPS) is 15.8. The number of nitrogens with zero attached hydrogens (tertiary/aromatic N) is 1. The Morgan fingerprint density at radius 1 is 0.970 bits per heavy atom. The monoisotopic (exact) mass is 460 g/mol. The van der Waals surface area contributed by atoms with Gasteiger partial charge < -0.3 is 4.90 Å². The Hall–Kier alpha value is -3.12. The molecule has 1 saturated heterocycles. The van der Waals surface area contributed by atoms with E-state index in [0.29, 0.717) is 18.5 Å². The Morgan fingerprint density at radius 3 is 2.52 bits per heavy atom. The van der Waals surface area contributed by atoms with Crippen LogP contribution < -0.4 is 4.72 Å². The van der Waals surface area contributed by atoms with E-state index in [9.17, 15) is 13.2 Å². The van der Waals surface area contributed by atoms with E-state index >= 15 is 0 Å². The molecule has 5 rings (SSSR count). The zero-order chi connectivity index (χ0) is 23.0. The second-order valence-electron chi connectivity index (χ2n) is 9.01. The predicted molar refractivity (Wildman–Crippen MR) is 133 cm³/mol. The summed E-state index contributed by atoms with van der Waals surface area (Å²) in [5, 5.41) is 1.89. The van der Waals surface area contributed by atoms with Crippen molar-refractivity contribution in [1.29, 1.82) is 0 Å². The average Bonchev–Trinajstić information content (AvgIpc) is 3.45. The first kappa shape index (κ1) is 21.7. The van der Waals surface area contributed by atoms with Crippen LogP contribution in [0.3, 0.4) is 0 Å². The number of rotatable bonds is 6. The van der Waals surface area contributed by atoms with E-state index in [0.717, 1.165) is 48.7 Å². The summed E-state index contributed by atoms with van der Waals surface area (Å²) in [7, 11) is -3.72. The van der Waals surface area contributed by atoms with Crippen molar-refractivity contribution >= 4 is 38.0 Å². The number of nitrogens with one attached hydrogen (secondary N) is 1. The fourth-order valence-electron chi connectivity index (χ4n) is 4.95. The fraction of sp³-hybridized carbons (Fsp3) is 0.296. The molecule has 170 valence electrons. The number of sulfonamides is 1. The van der Waals surface area contributed by atoms with Crippen molar-refractivity contribution in [3.63, 3.8) is 0 Å². The Morgan fingerprint density at radius 2 is 1.73 bits per heavy atom. The van der Waals surface area contributed by atoms with E-state index in [1.165, 1.54) is 16.7 Å². The second kappa shape index (κ2) is 8.67. The zero-order valence-corrected chi connectivity index (χ0v) is 19.6. The van der Waals surface area contributed by atoms with Gasteiger partial charge in [0.2, 0.25) is 5.91 Å². The molecule has 0 bridgehead atoms. The van der Waals surface area contributed by atoms with Crippen LogP contribution in [-0.2, 0) is 21.2 Å². The maximum absolute atomic E-state index is 13.1. The number of hydrogen-bond donors (Lipinski definition) is 1. The van der Waals surface area contributed by atoms with Gasteiger partial charge in [0, 0.05) is 25.2 Å². The van der Waals surface area contributed by atoms with Crippen molar-refractivity contribution in [1.82, 2.24) is 4.90 Å². The standard InChI is InChI=1S/C27H28N2O3S/c1-19-16-22-8-10-23(18-26(22)25(19)12-13-27(30)29-14-4-5-15-29)28-33(31,32)24-11-9-20-6-2-3-7-21(20)17-24/h2-3,6-11,17-18,28H,4-5,12-16H2,1H3. The molecule has 3 aromatic rings. The van der Waals surface area contributed by atoms with Gasteiger partial charge in [-0.1, -0.05) is 42.0 Å². The van der Waals surface area contributed by atoms with Gasteiger partial charge in [-0.05, 0) is 84.3 Å². The summed E-state index contributed by atoms with van der Waals surface area (Å²) in [5.74, 6) is 0.217. The molecule has 0 radical (unpaired) electrons. The van der Waals surface area contributed by atoms with Gasteiger partial charge in [-0.15, -0.1) is 0 Å². The molecule has 1 amide bonds. The molecule has 2 aliphatic rings. The SMILES string of the molecule is CC1=C(CCC(=O)N2CCCC2)c2cc(NS(=O)(=O)c3ccc4ccccc4c3)ccc2C1. The summed E-state index contributed by atoms with van der Waals surface area (Å²) >= 11 is 0. The highest BCUT2D eigenvalue weighted by molar-refractivity contribution is 7.92.